The molecule has 0 spiro atoms. The van der Waals surface area contributed by atoms with Crippen LogP contribution in [0.3, 0.4) is 0 Å². The Bertz CT molecular complexity index is 922. The van der Waals surface area contributed by atoms with Crippen LogP contribution in [0.25, 0.3) is 0 Å². The fraction of sp³-hybridized carbons (Fsp3) is 0.250. The number of rotatable bonds is 2. The van der Waals surface area contributed by atoms with E-state index in [0.29, 0.717) is 12.0 Å². The van der Waals surface area contributed by atoms with Gasteiger partial charge in [0, 0.05) is 29.8 Å². The Morgan fingerprint density at radius 3 is 2.16 bits per heavy atom. The van der Waals surface area contributed by atoms with Crippen LogP contribution in [-0.2, 0) is 9.84 Å². The van der Waals surface area contributed by atoms with Crippen LogP contribution < -0.4 is 0 Å². The monoisotopic (exact) mass is 353 g/mol. The van der Waals surface area contributed by atoms with Crippen molar-refractivity contribution in [2.24, 2.45) is 0 Å². The molecule has 1 aliphatic rings. The van der Waals surface area contributed by atoms with Crippen molar-refractivity contribution in [2.75, 3.05) is 18.6 Å². The zero-order valence-electron chi connectivity index (χ0n) is 14.0. The summed E-state index contributed by atoms with van der Waals surface area (Å²) in [4.78, 5) is 14.1. The highest BCUT2D eigenvalue weighted by Gasteiger charge is 2.32. The van der Waals surface area contributed by atoms with Crippen molar-refractivity contribution in [2.45, 2.75) is 12.5 Å². The number of carbonyl (C=O) groups excluding carboxylic acids is 1. The van der Waals surface area contributed by atoms with Crippen LogP contribution >= 0.6 is 0 Å². The summed E-state index contributed by atoms with van der Waals surface area (Å²) in [5.41, 5.74) is 2.30. The zero-order valence-corrected chi connectivity index (χ0v) is 14.8. The highest BCUT2D eigenvalue weighted by Crippen LogP contribution is 2.18. The molecule has 0 radical (unpaired) electrons. The minimum absolute atomic E-state index is 0.0515. The molecule has 0 aromatic heterocycles. The molecule has 128 valence electrons. The van der Waals surface area contributed by atoms with E-state index < -0.39 is 9.84 Å². The summed E-state index contributed by atoms with van der Waals surface area (Å²) in [5.74, 6) is 6.19. The Labute approximate surface area is 148 Å². The second-order valence-electron chi connectivity index (χ2n) is 6.17. The van der Waals surface area contributed by atoms with Gasteiger partial charge in [0.25, 0.3) is 5.91 Å². The summed E-state index contributed by atoms with van der Waals surface area (Å²) in [6.45, 7) is 0. The average molecular weight is 353 g/mol. The van der Waals surface area contributed by atoms with E-state index in [0.717, 1.165) is 11.1 Å². The van der Waals surface area contributed by atoms with E-state index in [1.165, 1.54) is 4.90 Å². The van der Waals surface area contributed by atoms with Crippen molar-refractivity contribution in [3.8, 4) is 11.8 Å². The van der Waals surface area contributed by atoms with Gasteiger partial charge in [-0.25, -0.2) is 8.42 Å². The van der Waals surface area contributed by atoms with Gasteiger partial charge in [-0.3, -0.25) is 4.79 Å². The van der Waals surface area contributed by atoms with E-state index in [-0.39, 0.29) is 23.5 Å². The standard InChI is InChI=1S/C20H19NO3S/c1-21(19-13-14-25(23,24)15-19)20(22)18-11-9-17(10-12-18)8-7-16-5-3-2-4-6-16/h2-6,9-12,19H,13-15H2,1H3. The summed E-state index contributed by atoms with van der Waals surface area (Å²) in [6, 6.07) is 16.5. The van der Waals surface area contributed by atoms with Gasteiger partial charge in [-0.2, -0.15) is 0 Å². The largest absolute Gasteiger partial charge is 0.338 e. The first-order chi connectivity index (χ1) is 11.9. The SMILES string of the molecule is CN(C(=O)c1ccc(C#Cc2ccccc2)cc1)C1CCS(=O)(=O)C1. The van der Waals surface area contributed by atoms with Crippen molar-refractivity contribution in [1.29, 1.82) is 0 Å². The number of hydrogen-bond acceptors (Lipinski definition) is 3. The molecular weight excluding hydrogens is 334 g/mol. The highest BCUT2D eigenvalue weighted by atomic mass is 32.2. The first-order valence-corrected chi connectivity index (χ1v) is 9.91. The molecule has 1 fully saturated rings. The summed E-state index contributed by atoms with van der Waals surface area (Å²) >= 11 is 0. The molecule has 2 aromatic carbocycles. The number of hydrogen-bond donors (Lipinski definition) is 0. The molecule has 1 aliphatic heterocycles. The van der Waals surface area contributed by atoms with Crippen LogP contribution in [0.4, 0.5) is 0 Å². The summed E-state index contributed by atoms with van der Waals surface area (Å²) in [6.07, 6.45) is 0.505. The third-order valence-corrected chi connectivity index (χ3v) is 6.08. The second-order valence-corrected chi connectivity index (χ2v) is 8.40. The maximum absolute atomic E-state index is 12.5. The van der Waals surface area contributed by atoms with E-state index in [1.807, 2.05) is 42.5 Å². The lowest BCUT2D eigenvalue weighted by Crippen LogP contribution is -2.37. The van der Waals surface area contributed by atoms with E-state index in [1.54, 1.807) is 19.2 Å². The van der Waals surface area contributed by atoms with Crippen LogP contribution in [0.2, 0.25) is 0 Å². The minimum Gasteiger partial charge on any atom is -0.338 e. The van der Waals surface area contributed by atoms with E-state index in [9.17, 15) is 13.2 Å². The predicted octanol–water partition coefficient (Wildman–Crippen LogP) is 2.35. The fourth-order valence-electron chi connectivity index (χ4n) is 2.81. The molecule has 1 heterocycles. The summed E-state index contributed by atoms with van der Waals surface area (Å²) in [5, 5.41) is 0. The van der Waals surface area contributed by atoms with Crippen molar-refractivity contribution in [3.63, 3.8) is 0 Å². The van der Waals surface area contributed by atoms with Crippen molar-refractivity contribution >= 4 is 15.7 Å². The average Bonchev–Trinajstić information content (AvgIpc) is 3.00. The zero-order chi connectivity index (χ0) is 17.9. The Kier molecular flexibility index (Phi) is 4.91. The molecule has 1 saturated heterocycles. The molecule has 2 aromatic rings. The number of amides is 1. The van der Waals surface area contributed by atoms with Gasteiger partial charge in [0.15, 0.2) is 9.84 Å². The van der Waals surface area contributed by atoms with Gasteiger partial charge in [-0.05, 0) is 42.8 Å². The third kappa shape index (κ3) is 4.28. The first-order valence-electron chi connectivity index (χ1n) is 8.09. The maximum Gasteiger partial charge on any atom is 0.253 e. The quantitative estimate of drug-likeness (QED) is 0.779. The Morgan fingerprint density at radius 1 is 1.00 bits per heavy atom. The van der Waals surface area contributed by atoms with Gasteiger partial charge < -0.3 is 4.90 Å². The van der Waals surface area contributed by atoms with Gasteiger partial charge in [-0.1, -0.05) is 30.0 Å². The van der Waals surface area contributed by atoms with Gasteiger partial charge in [0.2, 0.25) is 0 Å². The maximum atomic E-state index is 12.5. The molecule has 1 amide bonds. The van der Waals surface area contributed by atoms with Crippen molar-refractivity contribution < 1.29 is 13.2 Å². The topological polar surface area (TPSA) is 54.5 Å². The fourth-order valence-corrected chi connectivity index (χ4v) is 4.59. The first kappa shape index (κ1) is 17.2. The molecule has 3 rings (SSSR count). The minimum atomic E-state index is -3.01. The molecule has 5 heteroatoms. The molecule has 0 saturated carbocycles. The predicted molar refractivity (Wildman–Crippen MR) is 98.0 cm³/mol. The normalized spacial score (nSPS) is 18.2. The smallest absolute Gasteiger partial charge is 0.253 e. The molecule has 0 N–H and O–H groups in total. The number of sulfone groups is 1. The van der Waals surface area contributed by atoms with Gasteiger partial charge in [-0.15, -0.1) is 0 Å². The molecule has 1 atom stereocenters. The lowest BCUT2D eigenvalue weighted by molar-refractivity contribution is 0.0747. The Hall–Kier alpha value is -2.58. The van der Waals surface area contributed by atoms with Gasteiger partial charge in [0.05, 0.1) is 11.5 Å². The summed E-state index contributed by atoms with van der Waals surface area (Å²) < 4.78 is 23.2. The summed E-state index contributed by atoms with van der Waals surface area (Å²) in [7, 11) is -1.35. The molecule has 0 aliphatic carbocycles. The van der Waals surface area contributed by atoms with Crippen LogP contribution in [0.5, 0.6) is 0 Å². The molecule has 0 bridgehead atoms. The van der Waals surface area contributed by atoms with E-state index in [2.05, 4.69) is 11.8 Å². The van der Waals surface area contributed by atoms with Gasteiger partial charge >= 0.3 is 0 Å². The van der Waals surface area contributed by atoms with E-state index >= 15 is 0 Å². The van der Waals surface area contributed by atoms with Crippen LogP contribution in [0.15, 0.2) is 54.6 Å². The lowest BCUT2D eigenvalue weighted by Gasteiger charge is -2.23. The van der Waals surface area contributed by atoms with Crippen LogP contribution in [0.1, 0.15) is 27.9 Å². The van der Waals surface area contributed by atoms with Crippen LogP contribution in [0, 0.1) is 11.8 Å². The van der Waals surface area contributed by atoms with Crippen LogP contribution in [-0.4, -0.2) is 43.8 Å². The molecule has 1 unspecified atom stereocenters. The van der Waals surface area contributed by atoms with Crippen molar-refractivity contribution in [3.05, 3.63) is 71.3 Å². The Balaban J connectivity index is 1.70. The second kappa shape index (κ2) is 7.12. The number of benzene rings is 2. The number of nitrogens with zero attached hydrogens (tertiary/aromatic N) is 1. The van der Waals surface area contributed by atoms with Gasteiger partial charge in [0.1, 0.15) is 0 Å². The van der Waals surface area contributed by atoms with Crippen molar-refractivity contribution in [1.82, 2.24) is 4.90 Å². The molecule has 25 heavy (non-hydrogen) atoms. The molecular formula is C20H19NO3S. The van der Waals surface area contributed by atoms with E-state index in [4.69, 9.17) is 0 Å². The third-order valence-electron chi connectivity index (χ3n) is 4.33. The molecule has 4 nitrogen and oxygen atoms in total. The highest BCUT2D eigenvalue weighted by molar-refractivity contribution is 7.91. The Morgan fingerprint density at radius 2 is 1.60 bits per heavy atom. The lowest BCUT2D eigenvalue weighted by atomic mass is 10.1. The number of carbonyl (C=O) groups is 1.